The summed E-state index contributed by atoms with van der Waals surface area (Å²) >= 11 is 0. The number of benzene rings is 1. The van der Waals surface area contributed by atoms with Gasteiger partial charge in [0.15, 0.2) is 0 Å². The van der Waals surface area contributed by atoms with Gasteiger partial charge in [0.2, 0.25) is 0 Å². The number of aromatic hydroxyl groups is 1. The maximum absolute atomic E-state index is 12.0. The predicted octanol–water partition coefficient (Wildman–Crippen LogP) is 5.82. The number of aromatic carboxylic acids is 1. The molecule has 0 saturated carbocycles. The van der Waals surface area contributed by atoms with Gasteiger partial charge in [-0.15, -0.1) is 0 Å². The molecule has 2 aliphatic rings. The number of fused-ring (bicyclic) bond motifs is 3. The van der Waals surface area contributed by atoms with E-state index in [0.717, 1.165) is 32.1 Å². The summed E-state index contributed by atoms with van der Waals surface area (Å²) in [7, 11) is 0. The summed E-state index contributed by atoms with van der Waals surface area (Å²) in [5, 5.41) is 20.9. The number of unbranched alkanes of at least 4 members (excludes halogenated alkanes) is 2. The first-order chi connectivity index (χ1) is 12.6. The van der Waals surface area contributed by atoms with Gasteiger partial charge >= 0.3 is 5.97 Å². The summed E-state index contributed by atoms with van der Waals surface area (Å²) in [5.41, 5.74) is 2.04. The van der Waals surface area contributed by atoms with E-state index in [9.17, 15) is 15.0 Å². The van der Waals surface area contributed by atoms with Crippen molar-refractivity contribution in [2.24, 2.45) is 5.41 Å². The van der Waals surface area contributed by atoms with Crippen molar-refractivity contribution >= 4 is 5.97 Å². The quantitative estimate of drug-likeness (QED) is 0.504. The molecule has 0 radical (unpaired) electrons. The van der Waals surface area contributed by atoms with Crippen LogP contribution in [0.2, 0.25) is 0 Å². The van der Waals surface area contributed by atoms with Crippen LogP contribution in [0.5, 0.6) is 11.5 Å². The molecule has 0 bridgehead atoms. The van der Waals surface area contributed by atoms with E-state index < -0.39 is 11.6 Å². The maximum atomic E-state index is 12.0. The van der Waals surface area contributed by atoms with Gasteiger partial charge in [-0.2, -0.15) is 0 Å². The fraction of sp³-hybridized carbons (Fsp3) is 0.609. The number of carbonyl (C=O) groups is 1. The van der Waals surface area contributed by atoms with Gasteiger partial charge in [0.1, 0.15) is 22.7 Å². The third kappa shape index (κ3) is 3.13. The smallest absolute Gasteiger partial charge is 0.339 e. The number of allylic oxidation sites excluding steroid dienone is 2. The Hall–Kier alpha value is -1.97. The van der Waals surface area contributed by atoms with Crippen LogP contribution in [0.1, 0.15) is 94.1 Å². The van der Waals surface area contributed by atoms with Crippen LogP contribution in [-0.4, -0.2) is 21.8 Å². The molecule has 27 heavy (non-hydrogen) atoms. The molecule has 1 aliphatic heterocycles. The molecule has 2 N–H and O–H groups in total. The van der Waals surface area contributed by atoms with Crippen LogP contribution < -0.4 is 4.74 Å². The van der Waals surface area contributed by atoms with E-state index in [1.165, 1.54) is 5.57 Å². The Kier molecular flexibility index (Phi) is 5.04. The Morgan fingerprint density at radius 3 is 2.63 bits per heavy atom. The van der Waals surface area contributed by atoms with Gasteiger partial charge in [-0.1, -0.05) is 38.3 Å². The second kappa shape index (κ2) is 6.88. The van der Waals surface area contributed by atoms with Crippen LogP contribution in [-0.2, 0) is 6.42 Å². The maximum Gasteiger partial charge on any atom is 0.339 e. The summed E-state index contributed by atoms with van der Waals surface area (Å²) < 4.78 is 6.41. The largest absolute Gasteiger partial charge is 0.507 e. The number of ether oxygens (including phenoxy) is 1. The predicted molar refractivity (Wildman–Crippen MR) is 107 cm³/mol. The first-order valence-corrected chi connectivity index (χ1v) is 10.1. The zero-order valence-electron chi connectivity index (χ0n) is 17.2. The molecule has 148 valence electrons. The SMILES string of the molecule is CCCCCc1cc2c(c(O)c1C(=O)O)C1C=C(C)CC[C@@]1(C)C(C)(C)O2. The van der Waals surface area contributed by atoms with E-state index in [4.69, 9.17) is 4.74 Å². The van der Waals surface area contributed by atoms with E-state index in [0.29, 0.717) is 23.3 Å². The summed E-state index contributed by atoms with van der Waals surface area (Å²) in [4.78, 5) is 12.0. The molecule has 1 aliphatic carbocycles. The zero-order valence-corrected chi connectivity index (χ0v) is 17.2. The molecular weight excluding hydrogens is 340 g/mol. The highest BCUT2D eigenvalue weighted by Crippen LogP contribution is 2.61. The van der Waals surface area contributed by atoms with Crippen molar-refractivity contribution in [2.75, 3.05) is 0 Å². The third-order valence-electron chi connectivity index (χ3n) is 6.88. The molecule has 0 amide bonds. The minimum atomic E-state index is -1.06. The Bertz CT molecular complexity index is 790. The molecule has 1 heterocycles. The molecule has 2 atom stereocenters. The first-order valence-electron chi connectivity index (χ1n) is 10.1. The Balaban J connectivity index is 2.21. The normalized spacial score (nSPS) is 25.8. The number of rotatable bonds is 5. The molecule has 1 aromatic rings. The van der Waals surface area contributed by atoms with E-state index in [1.54, 1.807) is 0 Å². The first kappa shape index (κ1) is 19.8. The van der Waals surface area contributed by atoms with Crippen molar-refractivity contribution in [2.45, 2.75) is 84.7 Å². The highest BCUT2D eigenvalue weighted by atomic mass is 16.5. The van der Waals surface area contributed by atoms with Crippen LogP contribution in [0.15, 0.2) is 17.7 Å². The summed E-state index contributed by atoms with van der Waals surface area (Å²) in [5.74, 6) is -0.579. The number of aryl methyl sites for hydroxylation is 1. The van der Waals surface area contributed by atoms with Gasteiger partial charge in [-0.05, 0) is 58.1 Å². The molecule has 0 spiro atoms. The lowest BCUT2D eigenvalue weighted by Crippen LogP contribution is -2.53. The standard InChI is InChI=1S/C23H32O4/c1-6-7-8-9-15-13-17-19(20(24)18(15)21(25)26)16-12-14(2)10-11-23(16,5)22(3,4)27-17/h12-13,16,24H,6-11H2,1-5H3,(H,25,26)/t16?,23-/m1/s1. The highest BCUT2D eigenvalue weighted by molar-refractivity contribution is 5.94. The van der Waals surface area contributed by atoms with Gasteiger partial charge in [0.05, 0.1) is 0 Å². The summed E-state index contributed by atoms with van der Waals surface area (Å²) in [6.45, 7) is 10.6. The molecular formula is C23H32O4. The lowest BCUT2D eigenvalue weighted by atomic mass is 9.57. The van der Waals surface area contributed by atoms with Crippen LogP contribution in [0, 0.1) is 5.41 Å². The Morgan fingerprint density at radius 2 is 2.00 bits per heavy atom. The number of phenols is 1. The van der Waals surface area contributed by atoms with Crippen molar-refractivity contribution < 1.29 is 19.7 Å². The Labute approximate surface area is 162 Å². The van der Waals surface area contributed by atoms with Crippen molar-refractivity contribution in [3.63, 3.8) is 0 Å². The molecule has 4 heteroatoms. The van der Waals surface area contributed by atoms with Crippen LogP contribution in [0.4, 0.5) is 0 Å². The van der Waals surface area contributed by atoms with Gasteiger partial charge in [-0.3, -0.25) is 0 Å². The molecule has 1 aromatic carbocycles. The summed E-state index contributed by atoms with van der Waals surface area (Å²) in [6, 6.07) is 1.87. The second-order valence-electron chi connectivity index (χ2n) is 8.95. The third-order valence-corrected chi connectivity index (χ3v) is 6.88. The van der Waals surface area contributed by atoms with Gasteiger partial charge in [0, 0.05) is 16.9 Å². The van der Waals surface area contributed by atoms with Crippen LogP contribution in [0.25, 0.3) is 0 Å². The van der Waals surface area contributed by atoms with Crippen molar-refractivity contribution in [1.82, 2.24) is 0 Å². The minimum Gasteiger partial charge on any atom is -0.507 e. The topological polar surface area (TPSA) is 66.8 Å². The van der Waals surface area contributed by atoms with E-state index in [2.05, 4.69) is 40.7 Å². The number of hydrogen-bond acceptors (Lipinski definition) is 3. The van der Waals surface area contributed by atoms with Crippen molar-refractivity contribution in [3.8, 4) is 11.5 Å². The molecule has 3 rings (SSSR count). The van der Waals surface area contributed by atoms with Crippen molar-refractivity contribution in [1.29, 1.82) is 0 Å². The lowest BCUT2D eigenvalue weighted by Gasteiger charge is -2.54. The molecule has 0 aromatic heterocycles. The molecule has 1 unspecified atom stereocenters. The fourth-order valence-corrected chi connectivity index (χ4v) is 4.73. The van der Waals surface area contributed by atoms with Gasteiger partial charge in [-0.25, -0.2) is 4.79 Å². The summed E-state index contributed by atoms with van der Waals surface area (Å²) in [6.07, 6.45) is 7.78. The van der Waals surface area contributed by atoms with Gasteiger partial charge in [0.25, 0.3) is 0 Å². The number of hydrogen-bond donors (Lipinski definition) is 2. The van der Waals surface area contributed by atoms with E-state index >= 15 is 0 Å². The molecule has 0 fully saturated rings. The fourth-order valence-electron chi connectivity index (χ4n) is 4.73. The molecule has 0 saturated heterocycles. The number of carboxylic acid groups (broad SMARTS) is 1. The zero-order chi connectivity index (χ0) is 20.0. The average Bonchev–Trinajstić information content (AvgIpc) is 2.56. The Morgan fingerprint density at radius 1 is 1.30 bits per heavy atom. The molecule has 4 nitrogen and oxygen atoms in total. The number of carboxylic acids is 1. The lowest BCUT2D eigenvalue weighted by molar-refractivity contribution is -0.0578. The van der Waals surface area contributed by atoms with Crippen LogP contribution >= 0.6 is 0 Å². The average molecular weight is 373 g/mol. The van der Waals surface area contributed by atoms with Crippen LogP contribution in [0.3, 0.4) is 0 Å². The van der Waals surface area contributed by atoms with Gasteiger partial charge < -0.3 is 14.9 Å². The van der Waals surface area contributed by atoms with Crippen molar-refractivity contribution in [3.05, 3.63) is 34.4 Å². The highest BCUT2D eigenvalue weighted by Gasteiger charge is 2.54. The van der Waals surface area contributed by atoms with E-state index in [-0.39, 0.29) is 22.6 Å². The second-order valence-corrected chi connectivity index (χ2v) is 8.95. The monoisotopic (exact) mass is 372 g/mol. The van der Waals surface area contributed by atoms with E-state index in [1.807, 2.05) is 6.07 Å². The minimum absolute atomic E-state index is 0.0483.